The molecule has 0 fully saturated rings. The molecule has 19 heavy (non-hydrogen) atoms. The fourth-order valence-corrected chi connectivity index (χ4v) is 3.23. The Hall–Kier alpha value is -1.57. The first-order valence-corrected chi connectivity index (χ1v) is 7.33. The highest BCUT2D eigenvalue weighted by molar-refractivity contribution is 7.89. The maximum atomic E-state index is 12.1. The second-order valence-corrected chi connectivity index (χ2v) is 6.10. The van der Waals surface area contributed by atoms with Crippen molar-refractivity contribution in [3.05, 3.63) is 41.0 Å². The van der Waals surface area contributed by atoms with E-state index in [1.54, 1.807) is 31.2 Å². The Morgan fingerprint density at radius 1 is 1.42 bits per heavy atom. The number of sulfonamides is 1. The summed E-state index contributed by atoms with van der Waals surface area (Å²) in [5.41, 5.74) is 6.20. The third kappa shape index (κ3) is 2.89. The maximum absolute atomic E-state index is 12.1. The molecule has 2 rings (SSSR count). The van der Waals surface area contributed by atoms with Crippen LogP contribution in [0.15, 0.2) is 35.4 Å². The number of benzene rings is 1. The number of nitrogen functional groups attached to an aromatic ring is 1. The van der Waals surface area contributed by atoms with E-state index in [2.05, 4.69) is 14.9 Å². The summed E-state index contributed by atoms with van der Waals surface area (Å²) < 4.78 is 26.7. The molecule has 8 heteroatoms. The molecule has 0 aliphatic heterocycles. The lowest BCUT2D eigenvalue weighted by atomic mass is 10.1. The minimum absolute atomic E-state index is 0.00106. The van der Waals surface area contributed by atoms with Crippen molar-refractivity contribution in [3.8, 4) is 0 Å². The van der Waals surface area contributed by atoms with Crippen LogP contribution in [0.5, 0.6) is 0 Å². The van der Waals surface area contributed by atoms with Crippen LogP contribution in [0.2, 0.25) is 5.02 Å². The quantitative estimate of drug-likeness (QED) is 0.799. The van der Waals surface area contributed by atoms with E-state index in [-0.39, 0.29) is 10.7 Å². The fraction of sp³-hybridized carbons (Fsp3) is 0.182. The molecule has 1 aromatic carbocycles. The van der Waals surface area contributed by atoms with Gasteiger partial charge in [0.05, 0.1) is 6.20 Å². The summed E-state index contributed by atoms with van der Waals surface area (Å²) >= 11 is 6.03. The molecule has 0 spiro atoms. The average molecular weight is 301 g/mol. The molecule has 4 N–H and O–H groups in total. The van der Waals surface area contributed by atoms with Crippen molar-refractivity contribution in [1.82, 2.24) is 14.9 Å². The van der Waals surface area contributed by atoms with Gasteiger partial charge in [0.1, 0.15) is 10.7 Å². The number of hydrogen-bond donors (Lipinski definition) is 3. The first-order valence-electron chi connectivity index (χ1n) is 5.47. The van der Waals surface area contributed by atoms with Crippen molar-refractivity contribution in [2.24, 2.45) is 0 Å². The zero-order valence-corrected chi connectivity index (χ0v) is 11.7. The molecule has 0 bridgehead atoms. The molecule has 0 saturated carbocycles. The van der Waals surface area contributed by atoms with Crippen molar-refractivity contribution < 1.29 is 8.42 Å². The highest BCUT2D eigenvalue weighted by Gasteiger charge is 2.23. The molecular weight excluding hydrogens is 288 g/mol. The number of rotatable bonds is 4. The van der Waals surface area contributed by atoms with Crippen molar-refractivity contribution >= 4 is 27.4 Å². The van der Waals surface area contributed by atoms with Crippen LogP contribution in [0, 0.1) is 0 Å². The van der Waals surface area contributed by atoms with Crippen LogP contribution >= 0.6 is 11.6 Å². The minimum Gasteiger partial charge on any atom is -0.383 e. The summed E-state index contributed by atoms with van der Waals surface area (Å²) in [4.78, 5) is -0.0774. The van der Waals surface area contributed by atoms with Gasteiger partial charge in [-0.05, 0) is 18.6 Å². The fourth-order valence-electron chi connectivity index (χ4n) is 1.69. The van der Waals surface area contributed by atoms with Crippen LogP contribution < -0.4 is 10.5 Å². The number of aromatic amines is 1. The average Bonchev–Trinajstić information content (AvgIpc) is 2.76. The Bertz CT molecular complexity index is 684. The molecule has 2 aromatic rings. The van der Waals surface area contributed by atoms with Gasteiger partial charge in [-0.2, -0.15) is 5.10 Å². The molecule has 1 heterocycles. The molecular formula is C11H13ClN4O2S. The summed E-state index contributed by atoms with van der Waals surface area (Å²) in [6.45, 7) is 1.70. The van der Waals surface area contributed by atoms with Gasteiger partial charge in [-0.25, -0.2) is 13.1 Å². The molecule has 6 nitrogen and oxygen atoms in total. The number of nitrogens with one attached hydrogen (secondary N) is 2. The minimum atomic E-state index is -3.74. The second kappa shape index (κ2) is 5.20. The van der Waals surface area contributed by atoms with E-state index in [4.69, 9.17) is 17.3 Å². The SMILES string of the molecule is CC(NS(=O)(=O)c1cn[nH]c1N)c1ccccc1Cl. The summed E-state index contributed by atoms with van der Waals surface area (Å²) in [7, 11) is -3.74. The third-order valence-corrected chi connectivity index (χ3v) is 4.54. The number of nitrogens with zero attached hydrogens (tertiary/aromatic N) is 1. The van der Waals surface area contributed by atoms with Gasteiger partial charge in [0, 0.05) is 11.1 Å². The zero-order chi connectivity index (χ0) is 14.0. The monoisotopic (exact) mass is 300 g/mol. The van der Waals surface area contributed by atoms with E-state index >= 15 is 0 Å². The molecule has 0 amide bonds. The van der Waals surface area contributed by atoms with E-state index in [9.17, 15) is 8.42 Å². The van der Waals surface area contributed by atoms with Crippen molar-refractivity contribution in [3.63, 3.8) is 0 Å². The van der Waals surface area contributed by atoms with E-state index < -0.39 is 16.1 Å². The molecule has 0 radical (unpaired) electrons. The predicted molar refractivity (Wildman–Crippen MR) is 73.2 cm³/mol. The first-order chi connectivity index (χ1) is 8.92. The van der Waals surface area contributed by atoms with Crippen LogP contribution in [0.3, 0.4) is 0 Å². The van der Waals surface area contributed by atoms with Crippen molar-refractivity contribution in [2.75, 3.05) is 5.73 Å². The van der Waals surface area contributed by atoms with Crippen molar-refractivity contribution in [1.29, 1.82) is 0 Å². The molecule has 0 saturated heterocycles. The number of halogens is 1. The van der Waals surface area contributed by atoms with Gasteiger partial charge in [0.25, 0.3) is 0 Å². The van der Waals surface area contributed by atoms with Gasteiger partial charge in [0.2, 0.25) is 10.0 Å². The highest BCUT2D eigenvalue weighted by atomic mass is 35.5. The zero-order valence-electron chi connectivity index (χ0n) is 10.1. The molecule has 1 atom stereocenters. The van der Waals surface area contributed by atoms with E-state index in [0.717, 1.165) is 6.20 Å². The molecule has 1 unspecified atom stereocenters. The maximum Gasteiger partial charge on any atom is 0.246 e. The van der Waals surface area contributed by atoms with Crippen LogP contribution in [0.4, 0.5) is 5.82 Å². The lowest BCUT2D eigenvalue weighted by Crippen LogP contribution is -2.27. The highest BCUT2D eigenvalue weighted by Crippen LogP contribution is 2.24. The number of anilines is 1. The van der Waals surface area contributed by atoms with Gasteiger partial charge >= 0.3 is 0 Å². The van der Waals surface area contributed by atoms with Gasteiger partial charge < -0.3 is 5.73 Å². The van der Waals surface area contributed by atoms with Crippen LogP contribution in [0.25, 0.3) is 0 Å². The summed E-state index contributed by atoms with van der Waals surface area (Å²) in [6, 6.07) is 6.55. The number of H-pyrrole nitrogens is 1. The van der Waals surface area contributed by atoms with Gasteiger partial charge in [-0.1, -0.05) is 29.8 Å². The van der Waals surface area contributed by atoms with Gasteiger partial charge in [-0.3, -0.25) is 5.10 Å². The van der Waals surface area contributed by atoms with Crippen LogP contribution in [-0.4, -0.2) is 18.6 Å². The molecule has 0 aliphatic carbocycles. The Labute approximate surface area is 116 Å². The lowest BCUT2D eigenvalue weighted by Gasteiger charge is -2.15. The topological polar surface area (TPSA) is 101 Å². The summed E-state index contributed by atoms with van der Waals surface area (Å²) in [6.07, 6.45) is 1.16. The smallest absolute Gasteiger partial charge is 0.246 e. The normalized spacial score (nSPS) is 13.4. The van der Waals surface area contributed by atoms with E-state index in [1.807, 2.05) is 0 Å². The Morgan fingerprint density at radius 2 is 2.11 bits per heavy atom. The molecule has 102 valence electrons. The summed E-state index contributed by atoms with van der Waals surface area (Å²) in [5, 5.41) is 6.47. The Morgan fingerprint density at radius 3 is 2.68 bits per heavy atom. The van der Waals surface area contributed by atoms with E-state index in [1.165, 1.54) is 0 Å². The summed E-state index contributed by atoms with van der Waals surface area (Å²) in [5.74, 6) is -0.00106. The number of hydrogen-bond acceptors (Lipinski definition) is 4. The first kappa shape index (κ1) is 13.9. The molecule has 0 aliphatic rings. The van der Waals surface area contributed by atoms with Crippen LogP contribution in [-0.2, 0) is 10.0 Å². The lowest BCUT2D eigenvalue weighted by molar-refractivity contribution is 0.567. The third-order valence-electron chi connectivity index (χ3n) is 2.63. The molecule has 1 aromatic heterocycles. The van der Waals surface area contributed by atoms with Gasteiger partial charge in [0.15, 0.2) is 0 Å². The number of nitrogens with two attached hydrogens (primary N) is 1. The van der Waals surface area contributed by atoms with Crippen LogP contribution in [0.1, 0.15) is 18.5 Å². The number of aromatic nitrogens is 2. The van der Waals surface area contributed by atoms with Gasteiger partial charge in [-0.15, -0.1) is 0 Å². The standard InChI is InChI=1S/C11H13ClN4O2S/c1-7(8-4-2-3-5-9(8)12)16-19(17,18)10-6-14-15-11(10)13/h2-7,16H,1H3,(H3,13,14,15). The Kier molecular flexibility index (Phi) is 3.79. The second-order valence-electron chi connectivity index (χ2n) is 4.01. The van der Waals surface area contributed by atoms with Crippen molar-refractivity contribution in [2.45, 2.75) is 17.9 Å². The van der Waals surface area contributed by atoms with E-state index in [0.29, 0.717) is 10.6 Å². The predicted octanol–water partition coefficient (Wildman–Crippen LogP) is 1.68. The largest absolute Gasteiger partial charge is 0.383 e. The Balaban J connectivity index is 2.27.